The molecule has 0 saturated carbocycles. The van der Waals surface area contributed by atoms with Crippen LogP contribution in [-0.4, -0.2) is 66.4 Å². The number of carbonyl (C=O) groups excluding carboxylic acids is 3. The molecule has 2 N–H and O–H groups in total. The van der Waals surface area contributed by atoms with Crippen LogP contribution in [0.5, 0.6) is 0 Å². The average molecular weight is 416 g/mol. The molecule has 3 atom stereocenters. The van der Waals surface area contributed by atoms with Crippen LogP contribution in [0.1, 0.15) is 49.4 Å². The molecule has 2 amide bonds. The number of piperidine rings is 1. The number of esters is 1. The van der Waals surface area contributed by atoms with E-state index in [-0.39, 0.29) is 35.7 Å². The number of ether oxygens (including phenoxy) is 1. The number of hydrogen-bond acceptors (Lipinski definition) is 5. The summed E-state index contributed by atoms with van der Waals surface area (Å²) in [5, 5.41) is 0. The first-order valence-electron chi connectivity index (χ1n) is 11.0. The van der Waals surface area contributed by atoms with Gasteiger partial charge in [0.05, 0.1) is 12.6 Å². The van der Waals surface area contributed by atoms with Crippen LogP contribution >= 0.6 is 0 Å². The van der Waals surface area contributed by atoms with Crippen molar-refractivity contribution in [1.29, 1.82) is 0 Å². The van der Waals surface area contributed by atoms with Crippen LogP contribution in [0.25, 0.3) is 0 Å². The fourth-order valence-electron chi connectivity index (χ4n) is 4.81. The molecule has 2 aliphatic heterocycles. The minimum absolute atomic E-state index is 0.0337. The van der Waals surface area contributed by atoms with Crippen LogP contribution in [0.4, 0.5) is 0 Å². The predicted molar refractivity (Wildman–Crippen MR) is 114 cm³/mol. The van der Waals surface area contributed by atoms with E-state index in [0.717, 1.165) is 38.8 Å². The number of primary amides is 1. The highest BCUT2D eigenvalue weighted by Gasteiger charge is 2.35. The molecule has 2 saturated heterocycles. The maximum absolute atomic E-state index is 12.9. The summed E-state index contributed by atoms with van der Waals surface area (Å²) in [5.74, 6) is -0.0403. The Kier molecular flexibility index (Phi) is 7.85. The molecule has 1 aromatic carbocycles. The van der Waals surface area contributed by atoms with Crippen molar-refractivity contribution in [3.8, 4) is 0 Å². The molecule has 0 aromatic heterocycles. The quantitative estimate of drug-likeness (QED) is 0.656. The van der Waals surface area contributed by atoms with Crippen molar-refractivity contribution >= 4 is 17.8 Å². The average Bonchev–Trinajstić information content (AvgIpc) is 3.22. The highest BCUT2D eigenvalue weighted by molar-refractivity contribution is 5.94. The molecule has 2 heterocycles. The van der Waals surface area contributed by atoms with E-state index in [9.17, 15) is 14.4 Å². The van der Waals surface area contributed by atoms with Crippen LogP contribution in [0.3, 0.4) is 0 Å². The van der Waals surface area contributed by atoms with Gasteiger partial charge in [0.1, 0.15) is 0 Å². The second-order valence-electron chi connectivity index (χ2n) is 8.32. The number of carbonyl (C=O) groups is 3. The smallest absolute Gasteiger partial charge is 0.306 e. The Morgan fingerprint density at radius 3 is 2.57 bits per heavy atom. The van der Waals surface area contributed by atoms with Crippen molar-refractivity contribution in [3.05, 3.63) is 35.9 Å². The lowest BCUT2D eigenvalue weighted by Gasteiger charge is -2.39. The molecule has 0 unspecified atom stereocenters. The van der Waals surface area contributed by atoms with E-state index in [1.165, 1.54) is 0 Å². The lowest BCUT2D eigenvalue weighted by Crippen LogP contribution is -2.46. The predicted octanol–water partition coefficient (Wildman–Crippen LogP) is 2.06. The molecule has 1 aromatic rings. The molecule has 0 radical (unpaired) electrons. The van der Waals surface area contributed by atoms with Crippen molar-refractivity contribution in [2.75, 3.05) is 32.8 Å². The van der Waals surface area contributed by atoms with Gasteiger partial charge in [0, 0.05) is 25.1 Å². The summed E-state index contributed by atoms with van der Waals surface area (Å²) in [7, 11) is 0. The Balaban J connectivity index is 1.66. The second kappa shape index (κ2) is 10.6. The fourth-order valence-corrected chi connectivity index (χ4v) is 4.81. The number of hydrogen-bond donors (Lipinski definition) is 1. The summed E-state index contributed by atoms with van der Waals surface area (Å²) in [6.45, 7) is 5.08. The highest BCUT2D eigenvalue weighted by Crippen LogP contribution is 2.31. The van der Waals surface area contributed by atoms with Gasteiger partial charge in [-0.3, -0.25) is 19.3 Å². The first kappa shape index (κ1) is 22.3. The lowest BCUT2D eigenvalue weighted by atomic mass is 9.80. The van der Waals surface area contributed by atoms with Crippen LogP contribution < -0.4 is 5.73 Å². The topological polar surface area (TPSA) is 92.9 Å². The molecule has 164 valence electrons. The Hall–Kier alpha value is -2.41. The van der Waals surface area contributed by atoms with Gasteiger partial charge in [0.15, 0.2) is 0 Å². The van der Waals surface area contributed by atoms with Crippen molar-refractivity contribution in [3.63, 3.8) is 0 Å². The third-order valence-corrected chi connectivity index (χ3v) is 6.41. The van der Waals surface area contributed by atoms with E-state index in [1.807, 2.05) is 42.2 Å². The molecule has 0 bridgehead atoms. The van der Waals surface area contributed by atoms with E-state index in [0.29, 0.717) is 31.7 Å². The largest absolute Gasteiger partial charge is 0.466 e. The molecule has 0 spiro atoms. The summed E-state index contributed by atoms with van der Waals surface area (Å²) in [6.07, 6.45) is 3.77. The molecule has 7 heteroatoms. The molecule has 7 nitrogen and oxygen atoms in total. The minimum atomic E-state index is -0.264. The SMILES string of the molecule is CCOC(=O)C[C@@H]1CCN(C(=O)c2ccccc2)C[C@@H]1CCN1CCC[C@H]1C(N)=O. The number of likely N-dealkylation sites (tertiary alicyclic amines) is 2. The Morgan fingerprint density at radius 1 is 1.10 bits per heavy atom. The lowest BCUT2D eigenvalue weighted by molar-refractivity contribution is -0.145. The van der Waals surface area contributed by atoms with Gasteiger partial charge < -0.3 is 15.4 Å². The van der Waals surface area contributed by atoms with Gasteiger partial charge in [-0.1, -0.05) is 18.2 Å². The standard InChI is InChI=1S/C23H33N3O4/c1-2-30-21(27)15-18-10-14-26(23(29)17-7-4-3-5-8-17)16-19(18)11-13-25-12-6-9-20(25)22(24)28/h3-5,7-8,18-20H,2,6,9-16H2,1H3,(H2,24,28)/t18-,19-,20-/m0/s1. The Labute approximate surface area is 178 Å². The van der Waals surface area contributed by atoms with Gasteiger partial charge in [-0.25, -0.2) is 0 Å². The summed E-state index contributed by atoms with van der Waals surface area (Å²) in [5.41, 5.74) is 6.24. The number of nitrogens with two attached hydrogens (primary N) is 1. The van der Waals surface area contributed by atoms with Crippen molar-refractivity contribution in [2.24, 2.45) is 17.6 Å². The molecule has 2 fully saturated rings. The van der Waals surface area contributed by atoms with Gasteiger partial charge >= 0.3 is 5.97 Å². The molecular weight excluding hydrogens is 382 g/mol. The first-order chi connectivity index (χ1) is 14.5. The molecule has 30 heavy (non-hydrogen) atoms. The third-order valence-electron chi connectivity index (χ3n) is 6.41. The summed E-state index contributed by atoms with van der Waals surface area (Å²) in [4.78, 5) is 40.8. The number of rotatable bonds is 8. The van der Waals surface area contributed by atoms with E-state index in [1.54, 1.807) is 0 Å². The van der Waals surface area contributed by atoms with Crippen LogP contribution in [0, 0.1) is 11.8 Å². The maximum atomic E-state index is 12.9. The molecule has 2 aliphatic rings. The van der Waals surface area contributed by atoms with Gasteiger partial charge in [-0.05, 0) is 69.7 Å². The maximum Gasteiger partial charge on any atom is 0.306 e. The van der Waals surface area contributed by atoms with E-state index in [2.05, 4.69) is 4.90 Å². The third kappa shape index (κ3) is 5.59. The zero-order valence-corrected chi connectivity index (χ0v) is 17.8. The van der Waals surface area contributed by atoms with Crippen LogP contribution in [0.2, 0.25) is 0 Å². The van der Waals surface area contributed by atoms with Gasteiger partial charge in [0.25, 0.3) is 5.91 Å². The van der Waals surface area contributed by atoms with Crippen molar-refractivity contribution in [2.45, 2.75) is 45.1 Å². The highest BCUT2D eigenvalue weighted by atomic mass is 16.5. The minimum Gasteiger partial charge on any atom is -0.466 e. The van der Waals surface area contributed by atoms with Gasteiger partial charge in [0.2, 0.25) is 5.91 Å². The van der Waals surface area contributed by atoms with E-state index >= 15 is 0 Å². The summed E-state index contributed by atoms with van der Waals surface area (Å²) < 4.78 is 5.17. The van der Waals surface area contributed by atoms with Gasteiger partial charge in [-0.2, -0.15) is 0 Å². The normalized spacial score (nSPS) is 24.6. The summed E-state index contributed by atoms with van der Waals surface area (Å²) >= 11 is 0. The van der Waals surface area contributed by atoms with E-state index in [4.69, 9.17) is 10.5 Å². The first-order valence-corrected chi connectivity index (χ1v) is 11.0. The molecule has 0 aliphatic carbocycles. The summed E-state index contributed by atoms with van der Waals surface area (Å²) in [6, 6.07) is 9.12. The zero-order chi connectivity index (χ0) is 21.5. The molecule has 3 rings (SSSR count). The van der Waals surface area contributed by atoms with Crippen LogP contribution in [0.15, 0.2) is 30.3 Å². The number of benzene rings is 1. The fraction of sp³-hybridized carbons (Fsp3) is 0.609. The monoisotopic (exact) mass is 415 g/mol. The number of amides is 2. The number of nitrogens with zero attached hydrogens (tertiary/aromatic N) is 2. The van der Waals surface area contributed by atoms with Crippen LogP contribution in [-0.2, 0) is 14.3 Å². The zero-order valence-electron chi connectivity index (χ0n) is 17.8. The van der Waals surface area contributed by atoms with Crippen molar-refractivity contribution in [1.82, 2.24) is 9.80 Å². The second-order valence-corrected chi connectivity index (χ2v) is 8.32. The van der Waals surface area contributed by atoms with Gasteiger partial charge in [-0.15, -0.1) is 0 Å². The Bertz CT molecular complexity index is 739. The molecular formula is C23H33N3O4. The Morgan fingerprint density at radius 2 is 1.87 bits per heavy atom. The van der Waals surface area contributed by atoms with E-state index < -0.39 is 0 Å². The van der Waals surface area contributed by atoms with Crippen molar-refractivity contribution < 1.29 is 19.1 Å².